The molecule has 0 spiro atoms. The monoisotopic (exact) mass is 703 g/mol. The summed E-state index contributed by atoms with van der Waals surface area (Å²) in [6.07, 6.45) is 0. The summed E-state index contributed by atoms with van der Waals surface area (Å²) in [7, 11) is 0. The van der Waals surface area contributed by atoms with E-state index >= 15 is 0 Å². The average molecular weight is 704 g/mol. The highest BCUT2D eigenvalue weighted by molar-refractivity contribution is 6.10. The van der Waals surface area contributed by atoms with Gasteiger partial charge in [-0.1, -0.05) is 141 Å². The molecule has 0 N–H and O–H groups in total. The van der Waals surface area contributed by atoms with E-state index in [0.29, 0.717) is 0 Å². The number of hydrogen-bond donors (Lipinski definition) is 0. The summed E-state index contributed by atoms with van der Waals surface area (Å²) in [5.74, 6) is 0. The smallest absolute Gasteiger partial charge is 0.136 e. The maximum Gasteiger partial charge on any atom is 0.136 e. The van der Waals surface area contributed by atoms with Crippen molar-refractivity contribution in [1.29, 1.82) is 0 Å². The second kappa shape index (κ2) is 12.1. The highest BCUT2D eigenvalue weighted by Gasteiger charge is 2.35. The van der Waals surface area contributed by atoms with E-state index < -0.39 is 0 Å². The van der Waals surface area contributed by atoms with E-state index in [9.17, 15) is 0 Å². The van der Waals surface area contributed by atoms with Crippen molar-refractivity contribution >= 4 is 60.5 Å². The number of anilines is 3. The van der Waals surface area contributed by atoms with E-state index in [2.05, 4.69) is 195 Å². The van der Waals surface area contributed by atoms with Crippen molar-refractivity contribution in [3.63, 3.8) is 0 Å². The molecule has 0 bridgehead atoms. The zero-order valence-corrected chi connectivity index (χ0v) is 30.8. The molecule has 1 aromatic heterocycles. The van der Waals surface area contributed by atoms with Gasteiger partial charge in [0.05, 0.1) is 0 Å². The highest BCUT2D eigenvalue weighted by atomic mass is 16.3. The van der Waals surface area contributed by atoms with Crippen molar-refractivity contribution in [3.05, 3.63) is 199 Å². The molecule has 0 unspecified atom stereocenters. The summed E-state index contributed by atoms with van der Waals surface area (Å²) in [6.45, 7) is 4.71. The number of hydrogen-bond acceptors (Lipinski definition) is 2. The van der Waals surface area contributed by atoms with Gasteiger partial charge < -0.3 is 9.32 Å². The molecular weight excluding hydrogens is 667 g/mol. The van der Waals surface area contributed by atoms with Crippen molar-refractivity contribution in [2.24, 2.45) is 0 Å². The molecular formula is C53H37NO. The van der Waals surface area contributed by atoms with Crippen LogP contribution in [-0.2, 0) is 5.41 Å². The van der Waals surface area contributed by atoms with E-state index in [1.165, 1.54) is 66.1 Å². The summed E-state index contributed by atoms with van der Waals surface area (Å²) in [6, 6.07) is 68.6. The minimum absolute atomic E-state index is 0.104. The lowest BCUT2D eigenvalue weighted by Gasteiger charge is -2.28. The SMILES string of the molecule is CC1(C)c2ccccc2-c2ccc(N(c3ccc(-c4ccc5cc6oc7ccccc7c6cc5c4)cc3)c3cccc(-c4cccc5ccccc45)c3)cc21. The zero-order valence-electron chi connectivity index (χ0n) is 30.8. The topological polar surface area (TPSA) is 16.4 Å². The lowest BCUT2D eigenvalue weighted by Crippen LogP contribution is -2.16. The van der Waals surface area contributed by atoms with Gasteiger partial charge in [-0.15, -0.1) is 0 Å². The lowest BCUT2D eigenvalue weighted by molar-refractivity contribution is 0.660. The standard InChI is InChI=1S/C53H37NO/c1-53(2)49-19-7-5-16-45(49)46-28-27-42(33-50(46)53)54(41-14-9-13-38(30-41)44-18-10-12-35-11-3-4-15-43(35)44)40-25-23-34(24-26-40)36-21-22-37-32-52-48(31-39(37)29-36)47-17-6-8-20-51(47)55-52/h3-33H,1-2H3. The summed E-state index contributed by atoms with van der Waals surface area (Å²) in [5, 5.41) is 7.18. The quantitative estimate of drug-likeness (QED) is 0.177. The molecule has 1 aliphatic rings. The van der Waals surface area contributed by atoms with Gasteiger partial charge in [-0.05, 0) is 127 Å². The van der Waals surface area contributed by atoms with Gasteiger partial charge in [0.25, 0.3) is 0 Å². The first kappa shape index (κ1) is 31.6. The Hall–Kier alpha value is -6.90. The molecule has 260 valence electrons. The third kappa shape index (κ3) is 5.02. The fourth-order valence-corrected chi connectivity index (χ4v) is 9.02. The van der Waals surface area contributed by atoms with Crippen LogP contribution in [0.2, 0.25) is 0 Å². The molecule has 1 aliphatic carbocycles. The van der Waals surface area contributed by atoms with Gasteiger partial charge >= 0.3 is 0 Å². The maximum atomic E-state index is 6.18. The first-order valence-electron chi connectivity index (χ1n) is 19.1. The third-order valence-electron chi connectivity index (χ3n) is 11.8. The largest absolute Gasteiger partial charge is 0.456 e. The Labute approximate surface area is 320 Å². The number of para-hydroxylation sites is 1. The van der Waals surface area contributed by atoms with Crippen LogP contribution in [-0.4, -0.2) is 0 Å². The predicted molar refractivity (Wildman–Crippen MR) is 232 cm³/mol. The van der Waals surface area contributed by atoms with Crippen molar-refractivity contribution in [2.45, 2.75) is 19.3 Å². The number of nitrogens with zero attached hydrogens (tertiary/aromatic N) is 1. The Morgan fingerprint density at radius 3 is 1.96 bits per heavy atom. The van der Waals surface area contributed by atoms with Crippen molar-refractivity contribution in [1.82, 2.24) is 0 Å². The van der Waals surface area contributed by atoms with Crippen LogP contribution in [0.15, 0.2) is 192 Å². The molecule has 0 radical (unpaired) electrons. The van der Waals surface area contributed by atoms with Gasteiger partial charge in [0, 0.05) is 33.2 Å². The third-order valence-corrected chi connectivity index (χ3v) is 11.8. The molecule has 11 rings (SSSR count). The van der Waals surface area contributed by atoms with Gasteiger partial charge in [0.1, 0.15) is 11.2 Å². The lowest BCUT2D eigenvalue weighted by atomic mass is 9.82. The number of benzene rings is 9. The molecule has 55 heavy (non-hydrogen) atoms. The maximum absolute atomic E-state index is 6.18. The second-order valence-corrected chi connectivity index (χ2v) is 15.4. The van der Waals surface area contributed by atoms with Gasteiger partial charge in [-0.3, -0.25) is 0 Å². The van der Waals surface area contributed by atoms with Crippen molar-refractivity contribution in [3.8, 4) is 33.4 Å². The van der Waals surface area contributed by atoms with Gasteiger partial charge in [0.2, 0.25) is 0 Å². The fraction of sp³-hybridized carbons (Fsp3) is 0.0566. The van der Waals surface area contributed by atoms with Gasteiger partial charge in [-0.25, -0.2) is 0 Å². The summed E-state index contributed by atoms with van der Waals surface area (Å²) >= 11 is 0. The molecule has 0 aliphatic heterocycles. The van der Waals surface area contributed by atoms with Crippen molar-refractivity contribution < 1.29 is 4.42 Å². The van der Waals surface area contributed by atoms with E-state index in [4.69, 9.17) is 4.42 Å². The first-order valence-corrected chi connectivity index (χ1v) is 19.1. The van der Waals surface area contributed by atoms with E-state index in [1.54, 1.807) is 0 Å². The highest BCUT2D eigenvalue weighted by Crippen LogP contribution is 2.51. The van der Waals surface area contributed by atoms with E-state index in [0.717, 1.165) is 39.0 Å². The molecule has 0 saturated carbocycles. The molecule has 2 nitrogen and oxygen atoms in total. The summed E-state index contributed by atoms with van der Waals surface area (Å²) < 4.78 is 6.18. The normalized spacial score (nSPS) is 13.1. The predicted octanol–water partition coefficient (Wildman–Crippen LogP) is 15.0. The van der Waals surface area contributed by atoms with Crippen LogP contribution in [0.1, 0.15) is 25.0 Å². The zero-order chi connectivity index (χ0) is 36.7. The molecule has 10 aromatic rings. The van der Waals surface area contributed by atoms with Gasteiger partial charge in [0.15, 0.2) is 0 Å². The van der Waals surface area contributed by atoms with Crippen molar-refractivity contribution in [2.75, 3.05) is 4.90 Å². The van der Waals surface area contributed by atoms with Crippen LogP contribution >= 0.6 is 0 Å². The summed E-state index contributed by atoms with van der Waals surface area (Å²) in [5.41, 5.74) is 15.3. The molecule has 1 heterocycles. The van der Waals surface area contributed by atoms with Crippen LogP contribution in [0.5, 0.6) is 0 Å². The molecule has 2 heteroatoms. The van der Waals surface area contributed by atoms with Crippen LogP contribution in [0.4, 0.5) is 17.1 Å². The molecule has 9 aromatic carbocycles. The van der Waals surface area contributed by atoms with Crippen LogP contribution in [0.3, 0.4) is 0 Å². The van der Waals surface area contributed by atoms with Crippen LogP contribution < -0.4 is 4.90 Å². The molecule has 0 saturated heterocycles. The van der Waals surface area contributed by atoms with Crippen LogP contribution in [0, 0.1) is 0 Å². The minimum atomic E-state index is -0.104. The minimum Gasteiger partial charge on any atom is -0.456 e. The Balaban J connectivity index is 1.03. The molecule has 0 fully saturated rings. The Morgan fingerprint density at radius 1 is 0.364 bits per heavy atom. The van der Waals surface area contributed by atoms with E-state index in [1.807, 2.05) is 12.1 Å². The fourth-order valence-electron chi connectivity index (χ4n) is 9.02. The number of rotatable bonds is 5. The Bertz CT molecular complexity index is 3120. The Kier molecular flexibility index (Phi) is 6.93. The van der Waals surface area contributed by atoms with Gasteiger partial charge in [-0.2, -0.15) is 0 Å². The second-order valence-electron chi connectivity index (χ2n) is 15.4. The molecule has 0 atom stereocenters. The summed E-state index contributed by atoms with van der Waals surface area (Å²) in [4.78, 5) is 2.42. The van der Waals surface area contributed by atoms with E-state index in [-0.39, 0.29) is 5.41 Å². The molecule has 0 amide bonds. The Morgan fingerprint density at radius 2 is 1.05 bits per heavy atom. The van der Waals surface area contributed by atoms with Crippen LogP contribution in [0.25, 0.3) is 76.9 Å². The average Bonchev–Trinajstić information content (AvgIpc) is 3.70. The number of furan rings is 1. The first-order chi connectivity index (χ1) is 27.0. The number of fused-ring (bicyclic) bond motifs is 8.